The third-order valence-corrected chi connectivity index (χ3v) is 4.96. The molecular formula is C20H23NO5. The molecule has 0 aliphatic heterocycles. The van der Waals surface area contributed by atoms with E-state index < -0.39 is 0 Å². The normalized spacial score (nSPS) is 18.5. The van der Waals surface area contributed by atoms with Gasteiger partial charge in [-0.25, -0.2) is 4.98 Å². The summed E-state index contributed by atoms with van der Waals surface area (Å²) >= 11 is 0. The lowest BCUT2D eigenvalue weighted by Crippen LogP contribution is -2.25. The fourth-order valence-electron chi connectivity index (χ4n) is 3.55. The first kappa shape index (κ1) is 18.2. The molecule has 26 heavy (non-hydrogen) atoms. The standard InChI is InChI=1S/C20H23NO5/c1-24-19-17(22)14-8-6-13(7-9-15(14)18(23)20(19)25-2)10-12-26-16-5-3-4-11-21-16/h3-5,11,13H,6-10,12H2,1-2H3. The maximum atomic E-state index is 12.7. The van der Waals surface area contributed by atoms with Gasteiger partial charge in [0.15, 0.2) is 0 Å². The quantitative estimate of drug-likeness (QED) is 0.729. The van der Waals surface area contributed by atoms with Crippen LogP contribution < -0.4 is 4.74 Å². The van der Waals surface area contributed by atoms with Gasteiger partial charge in [0.25, 0.3) is 0 Å². The molecule has 2 aliphatic carbocycles. The van der Waals surface area contributed by atoms with Crippen LogP contribution in [0, 0.1) is 5.92 Å². The van der Waals surface area contributed by atoms with E-state index in [1.807, 2.05) is 18.2 Å². The molecule has 0 bridgehead atoms. The Morgan fingerprint density at radius 3 is 2.12 bits per heavy atom. The van der Waals surface area contributed by atoms with Gasteiger partial charge in [0.05, 0.1) is 20.8 Å². The summed E-state index contributed by atoms with van der Waals surface area (Å²) < 4.78 is 15.9. The first-order chi connectivity index (χ1) is 12.7. The van der Waals surface area contributed by atoms with Crippen molar-refractivity contribution >= 4 is 11.6 Å². The van der Waals surface area contributed by atoms with Gasteiger partial charge >= 0.3 is 0 Å². The number of carbonyl (C=O) groups is 2. The van der Waals surface area contributed by atoms with Crippen LogP contribution in [0.4, 0.5) is 0 Å². The third-order valence-electron chi connectivity index (χ3n) is 4.96. The zero-order valence-corrected chi connectivity index (χ0v) is 15.1. The second kappa shape index (κ2) is 8.17. The molecule has 0 aromatic carbocycles. The Hall–Kier alpha value is -2.63. The van der Waals surface area contributed by atoms with Crippen molar-refractivity contribution in [2.45, 2.75) is 32.1 Å². The Balaban J connectivity index is 1.62. The van der Waals surface area contributed by atoms with Gasteiger partial charge in [-0.3, -0.25) is 9.59 Å². The van der Waals surface area contributed by atoms with Gasteiger partial charge in [-0.2, -0.15) is 0 Å². The average molecular weight is 357 g/mol. The van der Waals surface area contributed by atoms with Crippen LogP contribution in [0.2, 0.25) is 0 Å². The molecule has 0 saturated carbocycles. The summed E-state index contributed by atoms with van der Waals surface area (Å²) in [6, 6.07) is 5.56. The lowest BCUT2D eigenvalue weighted by atomic mass is 9.89. The molecule has 0 N–H and O–H groups in total. The summed E-state index contributed by atoms with van der Waals surface area (Å²) in [5.41, 5.74) is 1.17. The Labute approximate surface area is 152 Å². The molecule has 0 saturated heterocycles. The SMILES string of the molecule is COC1=C(OC)C(=O)C2=C(CCC(CCOc3ccccn3)CC2)C1=O. The van der Waals surface area contributed by atoms with Gasteiger partial charge in [0.2, 0.25) is 29.0 Å². The van der Waals surface area contributed by atoms with Crippen molar-refractivity contribution in [2.24, 2.45) is 5.92 Å². The van der Waals surface area contributed by atoms with Crippen molar-refractivity contribution in [3.05, 3.63) is 47.1 Å². The van der Waals surface area contributed by atoms with Crippen LogP contribution in [0.5, 0.6) is 5.88 Å². The van der Waals surface area contributed by atoms with Gasteiger partial charge < -0.3 is 14.2 Å². The van der Waals surface area contributed by atoms with E-state index in [2.05, 4.69) is 4.98 Å². The van der Waals surface area contributed by atoms with Crippen molar-refractivity contribution in [1.82, 2.24) is 4.98 Å². The lowest BCUT2D eigenvalue weighted by Gasteiger charge is -2.20. The molecule has 6 heteroatoms. The minimum atomic E-state index is -0.218. The molecule has 3 rings (SSSR count). The van der Waals surface area contributed by atoms with Crippen molar-refractivity contribution < 1.29 is 23.8 Å². The predicted molar refractivity (Wildman–Crippen MR) is 94.4 cm³/mol. The third kappa shape index (κ3) is 3.64. The molecule has 0 fully saturated rings. The molecular weight excluding hydrogens is 334 g/mol. The lowest BCUT2D eigenvalue weighted by molar-refractivity contribution is -0.121. The van der Waals surface area contributed by atoms with Gasteiger partial charge in [-0.1, -0.05) is 6.07 Å². The van der Waals surface area contributed by atoms with Crippen LogP contribution in [-0.2, 0) is 19.1 Å². The number of pyridine rings is 1. The minimum absolute atomic E-state index is 0.0215. The molecule has 0 amide bonds. The number of rotatable bonds is 6. The van der Waals surface area contributed by atoms with Crippen LogP contribution in [-0.4, -0.2) is 37.4 Å². The largest absolute Gasteiger partial charge is 0.489 e. The van der Waals surface area contributed by atoms with Gasteiger partial charge in [0.1, 0.15) is 0 Å². The van der Waals surface area contributed by atoms with Gasteiger partial charge in [-0.15, -0.1) is 0 Å². The Bertz CT molecular complexity index is 711. The first-order valence-corrected chi connectivity index (χ1v) is 8.83. The second-order valence-corrected chi connectivity index (χ2v) is 6.43. The monoisotopic (exact) mass is 357 g/mol. The summed E-state index contributed by atoms with van der Waals surface area (Å²) in [5.74, 6) is 0.611. The van der Waals surface area contributed by atoms with Crippen LogP contribution in [0.15, 0.2) is 47.1 Å². The number of Topliss-reactive ketones (excluding diaryl/α,β-unsaturated/α-hetero) is 2. The van der Waals surface area contributed by atoms with E-state index in [1.54, 1.807) is 6.20 Å². The van der Waals surface area contributed by atoms with Gasteiger partial charge in [0, 0.05) is 23.4 Å². The molecule has 2 aliphatic rings. The van der Waals surface area contributed by atoms with E-state index in [0.717, 1.165) is 19.3 Å². The van der Waals surface area contributed by atoms with E-state index >= 15 is 0 Å². The summed E-state index contributed by atoms with van der Waals surface area (Å²) in [5, 5.41) is 0. The number of nitrogens with zero attached hydrogens (tertiary/aromatic N) is 1. The fourth-order valence-corrected chi connectivity index (χ4v) is 3.55. The van der Waals surface area contributed by atoms with Crippen molar-refractivity contribution in [2.75, 3.05) is 20.8 Å². The van der Waals surface area contributed by atoms with E-state index in [-0.39, 0.29) is 23.1 Å². The summed E-state index contributed by atoms with van der Waals surface area (Å²) in [7, 11) is 2.78. The number of methoxy groups -OCH3 is 2. The number of carbonyl (C=O) groups excluding carboxylic acids is 2. The molecule has 1 aromatic rings. The Morgan fingerprint density at radius 1 is 1.00 bits per heavy atom. The van der Waals surface area contributed by atoms with Gasteiger partial charge in [-0.05, 0) is 44.1 Å². The maximum absolute atomic E-state index is 12.7. The Morgan fingerprint density at radius 2 is 1.62 bits per heavy atom. The second-order valence-electron chi connectivity index (χ2n) is 6.43. The molecule has 0 radical (unpaired) electrons. The zero-order valence-electron chi connectivity index (χ0n) is 15.1. The molecule has 1 aromatic heterocycles. The van der Waals surface area contributed by atoms with Crippen molar-refractivity contribution in [3.63, 3.8) is 0 Å². The molecule has 0 spiro atoms. The Kier molecular flexibility index (Phi) is 5.71. The average Bonchev–Trinajstić information content (AvgIpc) is 2.88. The molecule has 1 heterocycles. The zero-order chi connectivity index (χ0) is 18.5. The molecule has 138 valence electrons. The van der Waals surface area contributed by atoms with Crippen molar-refractivity contribution in [1.29, 1.82) is 0 Å². The number of ketones is 2. The van der Waals surface area contributed by atoms with E-state index in [9.17, 15) is 9.59 Å². The van der Waals surface area contributed by atoms with E-state index in [4.69, 9.17) is 14.2 Å². The molecule has 6 nitrogen and oxygen atoms in total. The predicted octanol–water partition coefficient (Wildman–Crippen LogP) is 2.99. The number of hydrogen-bond donors (Lipinski definition) is 0. The summed E-state index contributed by atoms with van der Waals surface area (Å²) in [6.45, 7) is 0.569. The first-order valence-electron chi connectivity index (χ1n) is 8.83. The van der Waals surface area contributed by atoms with Crippen LogP contribution in [0.3, 0.4) is 0 Å². The highest BCUT2D eigenvalue weighted by Crippen LogP contribution is 2.36. The highest BCUT2D eigenvalue weighted by molar-refractivity contribution is 6.23. The van der Waals surface area contributed by atoms with Crippen LogP contribution >= 0.6 is 0 Å². The minimum Gasteiger partial charge on any atom is -0.489 e. The van der Waals surface area contributed by atoms with Crippen LogP contribution in [0.1, 0.15) is 32.1 Å². The topological polar surface area (TPSA) is 74.7 Å². The highest BCUT2D eigenvalue weighted by atomic mass is 16.5. The summed E-state index contributed by atoms with van der Waals surface area (Å²) in [6.07, 6.45) is 5.42. The highest BCUT2D eigenvalue weighted by Gasteiger charge is 2.37. The number of aromatic nitrogens is 1. The van der Waals surface area contributed by atoms with Crippen LogP contribution in [0.25, 0.3) is 0 Å². The maximum Gasteiger partial charge on any atom is 0.228 e. The molecule has 0 atom stereocenters. The van der Waals surface area contributed by atoms with E-state index in [0.29, 0.717) is 42.4 Å². The number of allylic oxidation sites excluding steroid dienone is 2. The summed E-state index contributed by atoms with van der Waals surface area (Å²) in [4.78, 5) is 29.5. The molecule has 0 unspecified atom stereocenters. The number of ether oxygens (including phenoxy) is 3. The van der Waals surface area contributed by atoms with Crippen molar-refractivity contribution in [3.8, 4) is 5.88 Å². The van der Waals surface area contributed by atoms with E-state index in [1.165, 1.54) is 14.2 Å². The number of hydrogen-bond acceptors (Lipinski definition) is 6. The fraction of sp³-hybridized carbons (Fsp3) is 0.450. The smallest absolute Gasteiger partial charge is 0.228 e.